The number of hydrogen-bond donors (Lipinski definition) is 1. The van der Waals surface area contributed by atoms with Gasteiger partial charge < -0.3 is 9.47 Å². The lowest BCUT2D eigenvalue weighted by Gasteiger charge is -2.25. The van der Waals surface area contributed by atoms with Crippen molar-refractivity contribution in [3.63, 3.8) is 0 Å². The predicted molar refractivity (Wildman–Crippen MR) is 57.0 cm³/mol. The van der Waals surface area contributed by atoms with Crippen molar-refractivity contribution in [3.8, 4) is 0 Å². The summed E-state index contributed by atoms with van der Waals surface area (Å²) < 4.78 is 31.6. The fourth-order valence-electron chi connectivity index (χ4n) is 1.32. The van der Waals surface area contributed by atoms with E-state index >= 15 is 0 Å². The van der Waals surface area contributed by atoms with Gasteiger partial charge in [-0.15, -0.1) is 0 Å². The molecule has 0 atom stereocenters. The van der Waals surface area contributed by atoms with E-state index in [0.29, 0.717) is 19.6 Å². The van der Waals surface area contributed by atoms with E-state index in [9.17, 15) is 8.42 Å². The van der Waals surface area contributed by atoms with E-state index < -0.39 is 10.0 Å². The lowest BCUT2D eigenvalue weighted by Crippen LogP contribution is -2.36. The first-order valence-corrected chi connectivity index (χ1v) is 6.99. The molecule has 1 heterocycles. The second kappa shape index (κ2) is 6.42. The highest BCUT2D eigenvalue weighted by Gasteiger charge is 2.17. The van der Waals surface area contributed by atoms with Gasteiger partial charge in [-0.2, -0.15) is 0 Å². The van der Waals surface area contributed by atoms with Gasteiger partial charge in [0.1, 0.15) is 6.10 Å². The van der Waals surface area contributed by atoms with Gasteiger partial charge in [-0.1, -0.05) is 12.8 Å². The lowest BCUT2D eigenvalue weighted by molar-refractivity contribution is -0.129. The van der Waals surface area contributed by atoms with Crippen LogP contribution in [0.15, 0.2) is 0 Å². The summed E-state index contributed by atoms with van der Waals surface area (Å²) in [6.45, 7) is 2.17. The fraction of sp³-hybridized carbons (Fsp3) is 1.00. The van der Waals surface area contributed by atoms with Gasteiger partial charge in [0, 0.05) is 6.61 Å². The van der Waals surface area contributed by atoms with Crippen molar-refractivity contribution in [1.82, 2.24) is 0 Å². The Bertz CT molecular complexity index is 261. The second-order valence-electron chi connectivity index (χ2n) is 3.81. The van der Waals surface area contributed by atoms with Gasteiger partial charge in [-0.05, 0) is 12.8 Å². The Morgan fingerprint density at radius 2 is 1.87 bits per heavy atom. The van der Waals surface area contributed by atoms with E-state index in [1.54, 1.807) is 0 Å². The highest BCUT2D eigenvalue weighted by Crippen LogP contribution is 2.07. The Balaban J connectivity index is 1.80. The zero-order chi connectivity index (χ0) is 11.1. The summed E-state index contributed by atoms with van der Waals surface area (Å²) in [6, 6.07) is 0. The summed E-state index contributed by atoms with van der Waals surface area (Å²) in [5.41, 5.74) is 0. The third-order valence-corrected chi connectivity index (χ3v) is 3.14. The molecule has 0 bridgehead atoms. The van der Waals surface area contributed by atoms with E-state index in [-0.39, 0.29) is 11.9 Å². The average Bonchev–Trinajstić information content (AvgIpc) is 2.04. The smallest absolute Gasteiger partial charge is 0.209 e. The molecule has 15 heavy (non-hydrogen) atoms. The number of hydrogen-bond acceptors (Lipinski definition) is 4. The molecule has 0 radical (unpaired) electrons. The van der Waals surface area contributed by atoms with Crippen LogP contribution in [-0.4, -0.2) is 40.1 Å². The Hall–Kier alpha value is -0.170. The van der Waals surface area contributed by atoms with Gasteiger partial charge in [-0.3, -0.25) is 0 Å². The molecule has 0 aromatic carbocycles. The summed E-state index contributed by atoms with van der Waals surface area (Å²) in [5.74, 6) is 0.0876. The monoisotopic (exact) mass is 237 g/mol. The summed E-state index contributed by atoms with van der Waals surface area (Å²) in [7, 11) is -3.27. The molecule has 1 aliphatic rings. The predicted octanol–water partition coefficient (Wildman–Crippen LogP) is 0.251. The third-order valence-electron chi connectivity index (χ3n) is 2.28. The molecule has 0 aromatic heterocycles. The third kappa shape index (κ3) is 6.83. The molecule has 0 aliphatic carbocycles. The van der Waals surface area contributed by atoms with Crippen molar-refractivity contribution in [1.29, 1.82) is 0 Å². The minimum Gasteiger partial charge on any atom is -0.376 e. The first-order chi connectivity index (χ1) is 7.08. The largest absolute Gasteiger partial charge is 0.376 e. The van der Waals surface area contributed by atoms with Crippen molar-refractivity contribution in [2.24, 2.45) is 5.14 Å². The molecule has 0 amide bonds. The summed E-state index contributed by atoms with van der Waals surface area (Å²) >= 11 is 0. The van der Waals surface area contributed by atoms with Crippen LogP contribution in [0, 0.1) is 0 Å². The summed E-state index contributed by atoms with van der Waals surface area (Å²) in [4.78, 5) is 0. The second-order valence-corrected chi connectivity index (χ2v) is 5.55. The van der Waals surface area contributed by atoms with Crippen LogP contribution in [0.1, 0.15) is 25.7 Å². The Morgan fingerprint density at radius 3 is 2.40 bits per heavy atom. The van der Waals surface area contributed by atoms with E-state index in [1.165, 1.54) is 0 Å². The number of nitrogens with two attached hydrogens (primary N) is 1. The molecule has 6 heteroatoms. The highest BCUT2D eigenvalue weighted by molar-refractivity contribution is 7.89. The first kappa shape index (κ1) is 12.9. The number of unbranched alkanes of at least 4 members (excludes halogenated alkanes) is 3. The molecule has 2 N–H and O–H groups in total. The molecule has 90 valence electrons. The Kier molecular flexibility index (Phi) is 5.52. The minimum atomic E-state index is -3.27. The molecule has 0 spiro atoms. The van der Waals surface area contributed by atoms with Crippen molar-refractivity contribution < 1.29 is 17.9 Å². The molecule has 1 fully saturated rings. The molecule has 0 aromatic rings. The molecule has 1 rings (SSSR count). The molecule has 5 nitrogen and oxygen atoms in total. The highest BCUT2D eigenvalue weighted by atomic mass is 32.2. The van der Waals surface area contributed by atoms with Gasteiger partial charge in [-0.25, -0.2) is 13.6 Å². The Labute approximate surface area is 91.0 Å². The van der Waals surface area contributed by atoms with Crippen molar-refractivity contribution in [3.05, 3.63) is 0 Å². The van der Waals surface area contributed by atoms with E-state index in [2.05, 4.69) is 0 Å². The first-order valence-electron chi connectivity index (χ1n) is 5.28. The number of sulfonamides is 1. The van der Waals surface area contributed by atoms with E-state index in [0.717, 1.165) is 25.9 Å². The number of ether oxygens (including phenoxy) is 2. The van der Waals surface area contributed by atoms with Crippen molar-refractivity contribution in [2.75, 3.05) is 25.6 Å². The van der Waals surface area contributed by atoms with Crippen LogP contribution in [0.4, 0.5) is 0 Å². The minimum absolute atomic E-state index is 0.0876. The lowest BCUT2D eigenvalue weighted by atomic mass is 10.2. The van der Waals surface area contributed by atoms with E-state index in [1.807, 2.05) is 0 Å². The van der Waals surface area contributed by atoms with Gasteiger partial charge in [0.15, 0.2) is 0 Å². The quantitative estimate of drug-likeness (QED) is 0.614. The maximum Gasteiger partial charge on any atom is 0.209 e. The van der Waals surface area contributed by atoms with Gasteiger partial charge in [0.2, 0.25) is 10.0 Å². The zero-order valence-corrected chi connectivity index (χ0v) is 9.67. The Morgan fingerprint density at radius 1 is 1.20 bits per heavy atom. The van der Waals surface area contributed by atoms with Crippen LogP contribution < -0.4 is 5.14 Å². The molecule has 1 saturated heterocycles. The van der Waals surface area contributed by atoms with Crippen LogP contribution >= 0.6 is 0 Å². The topological polar surface area (TPSA) is 78.6 Å². The molecular formula is C9H19NO4S. The molecule has 1 aliphatic heterocycles. The van der Waals surface area contributed by atoms with Crippen LogP contribution in [0.5, 0.6) is 0 Å². The summed E-state index contributed by atoms with van der Waals surface area (Å²) in [6.07, 6.45) is 3.78. The van der Waals surface area contributed by atoms with Crippen molar-refractivity contribution in [2.45, 2.75) is 31.8 Å². The SMILES string of the molecule is NS(=O)(=O)CCCCCCOC1COC1. The number of rotatable bonds is 8. The van der Waals surface area contributed by atoms with Crippen LogP contribution in [-0.2, 0) is 19.5 Å². The van der Waals surface area contributed by atoms with Gasteiger partial charge >= 0.3 is 0 Å². The maximum atomic E-state index is 10.6. The van der Waals surface area contributed by atoms with Gasteiger partial charge in [0.05, 0.1) is 19.0 Å². The van der Waals surface area contributed by atoms with Crippen LogP contribution in [0.2, 0.25) is 0 Å². The van der Waals surface area contributed by atoms with Gasteiger partial charge in [0.25, 0.3) is 0 Å². The fourth-order valence-corrected chi connectivity index (χ4v) is 1.93. The standard InChI is InChI=1S/C9H19NO4S/c10-15(11,12)6-4-2-1-3-5-14-9-7-13-8-9/h9H,1-8H2,(H2,10,11,12). The van der Waals surface area contributed by atoms with Crippen molar-refractivity contribution >= 4 is 10.0 Å². The zero-order valence-electron chi connectivity index (χ0n) is 8.85. The molecule has 0 unspecified atom stereocenters. The average molecular weight is 237 g/mol. The maximum absolute atomic E-state index is 10.6. The summed E-state index contributed by atoms with van der Waals surface area (Å²) in [5, 5.41) is 4.88. The number of primary sulfonamides is 1. The molecular weight excluding hydrogens is 218 g/mol. The normalized spacial score (nSPS) is 17.7. The van der Waals surface area contributed by atoms with E-state index in [4.69, 9.17) is 14.6 Å². The molecule has 0 saturated carbocycles. The van der Waals surface area contributed by atoms with Crippen LogP contribution in [0.3, 0.4) is 0 Å². The van der Waals surface area contributed by atoms with Crippen LogP contribution in [0.25, 0.3) is 0 Å².